The van der Waals surface area contributed by atoms with Crippen molar-refractivity contribution in [2.24, 2.45) is 11.7 Å². The van der Waals surface area contributed by atoms with Gasteiger partial charge in [-0.1, -0.05) is 13.8 Å². The lowest BCUT2D eigenvalue weighted by molar-refractivity contribution is -0.176. The van der Waals surface area contributed by atoms with Crippen LogP contribution in [-0.4, -0.2) is 17.8 Å². The van der Waals surface area contributed by atoms with Crippen molar-refractivity contribution in [3.63, 3.8) is 0 Å². The van der Waals surface area contributed by atoms with Crippen molar-refractivity contribution in [3.05, 3.63) is 15.6 Å². The van der Waals surface area contributed by atoms with Crippen molar-refractivity contribution in [1.29, 1.82) is 0 Å². The number of alkyl halides is 3. The number of aromatic nitrogens is 1. The Bertz CT molecular complexity index is 377. The molecule has 0 aliphatic heterocycles. The number of nitrogens with zero attached hydrogens (tertiary/aromatic N) is 1. The number of thiazole rings is 1. The van der Waals surface area contributed by atoms with E-state index in [4.69, 9.17) is 5.73 Å². The van der Waals surface area contributed by atoms with Crippen molar-refractivity contribution < 1.29 is 17.9 Å². The summed E-state index contributed by atoms with van der Waals surface area (Å²) >= 11 is 1.32. The Morgan fingerprint density at radius 2 is 2.06 bits per heavy atom. The maximum Gasteiger partial charge on any atom is 0.411 e. The second-order valence-electron chi connectivity index (χ2n) is 4.39. The van der Waals surface area contributed by atoms with E-state index in [0.717, 1.165) is 17.0 Å². The molecule has 0 amide bonds. The molecule has 0 atom stereocenters. The zero-order chi connectivity index (χ0) is 13.8. The summed E-state index contributed by atoms with van der Waals surface area (Å²) in [5.74, 6) is 0.432. The van der Waals surface area contributed by atoms with Crippen molar-refractivity contribution in [2.45, 2.75) is 39.6 Å². The molecule has 1 aromatic rings. The lowest BCUT2D eigenvalue weighted by Gasteiger charge is -2.05. The zero-order valence-corrected chi connectivity index (χ0v) is 11.2. The highest BCUT2D eigenvalue weighted by molar-refractivity contribution is 7.11. The minimum atomic E-state index is -4.30. The summed E-state index contributed by atoms with van der Waals surface area (Å²) in [7, 11) is 0. The van der Waals surface area contributed by atoms with Crippen LogP contribution >= 0.6 is 11.3 Å². The van der Waals surface area contributed by atoms with Crippen LogP contribution in [0.5, 0.6) is 0 Å². The Balaban J connectivity index is 2.59. The lowest BCUT2D eigenvalue weighted by atomic mass is 10.1. The average molecular weight is 282 g/mol. The third-order valence-electron chi connectivity index (χ3n) is 2.10. The molecule has 0 radical (unpaired) electrons. The third kappa shape index (κ3) is 5.32. The molecule has 0 bridgehead atoms. The van der Waals surface area contributed by atoms with Gasteiger partial charge in [0.1, 0.15) is 11.6 Å². The topological polar surface area (TPSA) is 48.1 Å². The van der Waals surface area contributed by atoms with Gasteiger partial charge in [-0.15, -0.1) is 11.3 Å². The highest BCUT2D eigenvalue weighted by Gasteiger charge is 2.27. The van der Waals surface area contributed by atoms with Crippen LogP contribution in [0.4, 0.5) is 13.2 Å². The first kappa shape index (κ1) is 15.4. The van der Waals surface area contributed by atoms with Gasteiger partial charge in [-0.2, -0.15) is 13.2 Å². The van der Waals surface area contributed by atoms with Crippen LogP contribution in [0.25, 0.3) is 0 Å². The summed E-state index contributed by atoms with van der Waals surface area (Å²) < 4.78 is 40.3. The number of rotatable bonds is 6. The predicted molar refractivity (Wildman–Crippen MR) is 64.3 cm³/mol. The van der Waals surface area contributed by atoms with Crippen LogP contribution in [0.15, 0.2) is 0 Å². The molecule has 1 rings (SSSR count). The molecule has 1 heterocycles. The van der Waals surface area contributed by atoms with E-state index in [0.29, 0.717) is 17.5 Å². The van der Waals surface area contributed by atoms with E-state index in [1.807, 2.05) is 0 Å². The molecule has 3 nitrogen and oxygen atoms in total. The van der Waals surface area contributed by atoms with Gasteiger partial charge < -0.3 is 10.5 Å². The lowest BCUT2D eigenvalue weighted by Crippen LogP contribution is -2.16. The molecule has 18 heavy (non-hydrogen) atoms. The van der Waals surface area contributed by atoms with Crippen LogP contribution in [0.2, 0.25) is 0 Å². The Kier molecular flexibility index (Phi) is 5.55. The number of halogens is 3. The number of ether oxygens (including phenoxy) is 1. The molecule has 0 saturated carbocycles. The van der Waals surface area contributed by atoms with Gasteiger partial charge in [-0.3, -0.25) is 0 Å². The van der Waals surface area contributed by atoms with Crippen molar-refractivity contribution in [2.75, 3.05) is 6.61 Å². The smallest absolute Gasteiger partial charge is 0.365 e. The Morgan fingerprint density at radius 1 is 1.39 bits per heavy atom. The van der Waals surface area contributed by atoms with Gasteiger partial charge in [0.2, 0.25) is 0 Å². The summed E-state index contributed by atoms with van der Waals surface area (Å²) in [5, 5.41) is 0.551. The molecule has 0 aliphatic carbocycles. The molecular weight excluding hydrogens is 265 g/mol. The molecule has 0 aliphatic rings. The quantitative estimate of drug-likeness (QED) is 0.872. The SMILES string of the molecule is CC(C)Cc1nc(COCC(F)(F)F)sc1CN. The Labute approximate surface area is 108 Å². The summed E-state index contributed by atoms with van der Waals surface area (Å²) in [4.78, 5) is 5.21. The highest BCUT2D eigenvalue weighted by atomic mass is 32.1. The first-order valence-corrected chi connectivity index (χ1v) is 6.45. The molecule has 2 N–H and O–H groups in total. The summed E-state index contributed by atoms with van der Waals surface area (Å²) in [6, 6.07) is 0. The van der Waals surface area contributed by atoms with E-state index >= 15 is 0 Å². The second kappa shape index (κ2) is 6.49. The number of hydrogen-bond donors (Lipinski definition) is 1. The van der Waals surface area contributed by atoms with Gasteiger partial charge in [0.15, 0.2) is 0 Å². The fraction of sp³-hybridized carbons (Fsp3) is 0.727. The van der Waals surface area contributed by atoms with Gasteiger partial charge >= 0.3 is 6.18 Å². The van der Waals surface area contributed by atoms with Crippen LogP contribution in [-0.2, 0) is 24.3 Å². The summed E-state index contributed by atoms with van der Waals surface area (Å²) in [6.07, 6.45) is -3.52. The van der Waals surface area contributed by atoms with Gasteiger partial charge in [0.05, 0.1) is 12.3 Å². The molecular formula is C11H17F3N2OS. The van der Waals surface area contributed by atoms with Gasteiger partial charge in [0.25, 0.3) is 0 Å². The molecule has 0 aromatic carbocycles. The second-order valence-corrected chi connectivity index (χ2v) is 5.56. The fourth-order valence-corrected chi connectivity index (χ4v) is 2.37. The van der Waals surface area contributed by atoms with Gasteiger partial charge in [-0.05, 0) is 12.3 Å². The van der Waals surface area contributed by atoms with Crippen LogP contribution < -0.4 is 5.73 Å². The highest BCUT2D eigenvalue weighted by Crippen LogP contribution is 2.22. The van der Waals surface area contributed by atoms with Crippen LogP contribution in [0.3, 0.4) is 0 Å². The third-order valence-corrected chi connectivity index (χ3v) is 3.19. The minimum absolute atomic E-state index is 0.116. The molecule has 0 unspecified atom stereocenters. The monoisotopic (exact) mass is 282 g/mol. The van der Waals surface area contributed by atoms with Crippen LogP contribution in [0.1, 0.15) is 29.4 Å². The van der Waals surface area contributed by atoms with Crippen LogP contribution in [0, 0.1) is 5.92 Å². The standard InChI is InChI=1S/C11H17F3N2OS/c1-7(2)3-8-9(4-15)18-10(16-8)5-17-6-11(12,13)14/h7H,3-6,15H2,1-2H3. The minimum Gasteiger partial charge on any atom is -0.365 e. The van der Waals surface area contributed by atoms with Crippen molar-refractivity contribution in [1.82, 2.24) is 4.98 Å². The first-order chi connectivity index (χ1) is 8.31. The maximum atomic E-state index is 11.9. The van der Waals surface area contributed by atoms with E-state index in [2.05, 4.69) is 23.6 Å². The van der Waals surface area contributed by atoms with E-state index in [1.165, 1.54) is 11.3 Å². The van der Waals surface area contributed by atoms with E-state index in [9.17, 15) is 13.2 Å². The van der Waals surface area contributed by atoms with E-state index in [1.54, 1.807) is 0 Å². The van der Waals surface area contributed by atoms with Gasteiger partial charge in [0, 0.05) is 11.4 Å². The predicted octanol–water partition coefficient (Wildman–Crippen LogP) is 2.88. The Morgan fingerprint density at radius 3 is 2.56 bits per heavy atom. The molecule has 7 heteroatoms. The van der Waals surface area contributed by atoms with Gasteiger partial charge in [-0.25, -0.2) is 4.98 Å². The average Bonchev–Trinajstić information content (AvgIpc) is 2.57. The molecule has 104 valence electrons. The van der Waals surface area contributed by atoms with E-state index in [-0.39, 0.29) is 6.61 Å². The van der Waals surface area contributed by atoms with E-state index < -0.39 is 12.8 Å². The zero-order valence-electron chi connectivity index (χ0n) is 10.4. The maximum absolute atomic E-state index is 11.9. The number of nitrogens with two attached hydrogens (primary N) is 1. The Hall–Kier alpha value is -0.660. The fourth-order valence-electron chi connectivity index (χ4n) is 1.46. The number of hydrogen-bond acceptors (Lipinski definition) is 4. The molecule has 0 fully saturated rings. The molecule has 1 aromatic heterocycles. The van der Waals surface area contributed by atoms with Crippen molar-refractivity contribution in [3.8, 4) is 0 Å². The van der Waals surface area contributed by atoms with Crippen molar-refractivity contribution >= 4 is 11.3 Å². The summed E-state index contributed by atoms with van der Waals surface area (Å²) in [5.41, 5.74) is 6.47. The summed E-state index contributed by atoms with van der Waals surface area (Å²) in [6.45, 7) is 3.11. The molecule has 0 spiro atoms. The largest absolute Gasteiger partial charge is 0.411 e. The first-order valence-electron chi connectivity index (χ1n) is 5.64. The normalized spacial score (nSPS) is 12.4. The molecule has 0 saturated heterocycles.